The fourth-order valence-corrected chi connectivity index (χ4v) is 2.38. The Labute approximate surface area is 110 Å². The maximum atomic E-state index is 11.9. The van der Waals surface area contributed by atoms with E-state index in [-0.39, 0.29) is 31.3 Å². The van der Waals surface area contributed by atoms with Gasteiger partial charge in [-0.15, -0.1) is 0 Å². The highest BCUT2D eigenvalue weighted by atomic mass is 16.4. The average molecular weight is 264 g/mol. The van der Waals surface area contributed by atoms with Gasteiger partial charge in [0.25, 0.3) is 0 Å². The van der Waals surface area contributed by atoms with Gasteiger partial charge in [-0.05, 0) is 11.6 Å². The van der Waals surface area contributed by atoms with E-state index < -0.39 is 12.0 Å². The first-order valence-electron chi connectivity index (χ1n) is 6.14. The van der Waals surface area contributed by atoms with Crippen LogP contribution in [0.3, 0.4) is 0 Å². The predicted octanol–water partition coefficient (Wildman–Crippen LogP) is 0.438. The van der Waals surface area contributed by atoms with E-state index in [0.717, 1.165) is 0 Å². The van der Waals surface area contributed by atoms with E-state index in [1.54, 1.807) is 24.5 Å². The molecule has 2 rings (SSSR count). The molecule has 1 fully saturated rings. The van der Waals surface area contributed by atoms with Gasteiger partial charge in [0, 0.05) is 37.9 Å². The van der Waals surface area contributed by atoms with Crippen LogP contribution in [0, 0.1) is 5.92 Å². The lowest BCUT2D eigenvalue weighted by atomic mass is 10.0. The Morgan fingerprint density at radius 1 is 1.58 bits per heavy atom. The van der Waals surface area contributed by atoms with E-state index in [4.69, 9.17) is 10.2 Å². The van der Waals surface area contributed by atoms with Gasteiger partial charge in [0.2, 0.25) is 5.91 Å². The van der Waals surface area contributed by atoms with E-state index in [1.165, 1.54) is 4.90 Å². The lowest BCUT2D eigenvalue weighted by Crippen LogP contribution is -2.32. The average Bonchev–Trinajstić information content (AvgIpc) is 2.78. The normalized spacial score (nSPS) is 20.6. The molecule has 1 aliphatic rings. The Morgan fingerprint density at radius 2 is 2.37 bits per heavy atom. The number of carbonyl (C=O) groups excluding carboxylic acids is 1. The number of amides is 1. The molecule has 0 spiro atoms. The minimum absolute atomic E-state index is 0.0604. The molecule has 0 bridgehead atoms. The van der Waals surface area contributed by atoms with Gasteiger partial charge in [-0.1, -0.05) is 6.07 Å². The van der Waals surface area contributed by atoms with Crippen LogP contribution in [-0.2, 0) is 9.59 Å². The quantitative estimate of drug-likeness (QED) is 0.805. The number of aliphatic hydroxyl groups is 1. The topological polar surface area (TPSA) is 90.7 Å². The summed E-state index contributed by atoms with van der Waals surface area (Å²) in [5, 5.41) is 18.1. The largest absolute Gasteiger partial charge is 0.481 e. The van der Waals surface area contributed by atoms with Crippen molar-refractivity contribution in [1.82, 2.24) is 9.88 Å². The van der Waals surface area contributed by atoms with Crippen molar-refractivity contribution in [2.45, 2.75) is 18.9 Å². The Bertz CT molecular complexity index is 463. The molecule has 19 heavy (non-hydrogen) atoms. The second-order valence-electron chi connectivity index (χ2n) is 4.70. The predicted molar refractivity (Wildman–Crippen MR) is 66.1 cm³/mol. The molecule has 1 aromatic heterocycles. The smallest absolute Gasteiger partial charge is 0.305 e. The highest BCUT2D eigenvalue weighted by molar-refractivity contribution is 5.80. The number of aliphatic carboxylic acids is 1. The van der Waals surface area contributed by atoms with Crippen LogP contribution in [0.2, 0.25) is 0 Å². The molecule has 102 valence electrons. The molecule has 6 nitrogen and oxygen atoms in total. The van der Waals surface area contributed by atoms with Gasteiger partial charge in [0.05, 0.1) is 12.5 Å². The van der Waals surface area contributed by atoms with Gasteiger partial charge in [0.15, 0.2) is 0 Å². The third-order valence-corrected chi connectivity index (χ3v) is 3.31. The number of aliphatic hydroxyl groups excluding tert-OH is 1. The number of hydrogen-bond donors (Lipinski definition) is 2. The molecule has 0 aliphatic carbocycles. The summed E-state index contributed by atoms with van der Waals surface area (Å²) >= 11 is 0. The van der Waals surface area contributed by atoms with Crippen LogP contribution in [-0.4, -0.2) is 45.1 Å². The Hall–Kier alpha value is -1.95. The van der Waals surface area contributed by atoms with Crippen LogP contribution < -0.4 is 0 Å². The molecule has 2 atom stereocenters. The zero-order valence-electron chi connectivity index (χ0n) is 10.4. The highest BCUT2D eigenvalue weighted by Gasteiger charge is 2.35. The molecular weight excluding hydrogens is 248 g/mol. The van der Waals surface area contributed by atoms with Crippen LogP contribution in [0.4, 0.5) is 0 Å². The molecule has 0 radical (unpaired) electrons. The minimum atomic E-state index is -0.964. The number of likely N-dealkylation sites (tertiary alicyclic amines) is 1. The number of pyridine rings is 1. The molecule has 2 N–H and O–H groups in total. The molecule has 1 saturated heterocycles. The summed E-state index contributed by atoms with van der Waals surface area (Å²) in [6.07, 6.45) is 3.29. The molecule has 1 amide bonds. The first-order chi connectivity index (χ1) is 9.11. The van der Waals surface area contributed by atoms with Gasteiger partial charge in [-0.2, -0.15) is 0 Å². The lowest BCUT2D eigenvalue weighted by Gasteiger charge is -2.27. The molecule has 6 heteroatoms. The van der Waals surface area contributed by atoms with Crippen LogP contribution in [0.25, 0.3) is 0 Å². The molecular formula is C13H16N2O4. The third kappa shape index (κ3) is 3.08. The van der Waals surface area contributed by atoms with Gasteiger partial charge < -0.3 is 15.1 Å². The standard InChI is InChI=1S/C13H16N2O4/c16-8-9-4-12(17)15(7-9)11(5-13(18)19)10-2-1-3-14-6-10/h1-3,6,9,11,16H,4-5,7-8H2,(H,18,19). The number of carboxylic acid groups (broad SMARTS) is 1. The number of nitrogens with zero attached hydrogens (tertiary/aromatic N) is 2. The number of rotatable bonds is 5. The fourth-order valence-electron chi connectivity index (χ4n) is 2.38. The number of carbonyl (C=O) groups is 2. The second-order valence-corrected chi connectivity index (χ2v) is 4.70. The van der Waals surface area contributed by atoms with Crippen molar-refractivity contribution in [3.8, 4) is 0 Å². The van der Waals surface area contributed by atoms with Gasteiger partial charge in [0.1, 0.15) is 0 Å². The van der Waals surface area contributed by atoms with Gasteiger partial charge >= 0.3 is 5.97 Å². The van der Waals surface area contributed by atoms with E-state index >= 15 is 0 Å². The zero-order valence-corrected chi connectivity index (χ0v) is 10.4. The first-order valence-corrected chi connectivity index (χ1v) is 6.14. The van der Waals surface area contributed by atoms with Gasteiger partial charge in [-0.25, -0.2) is 0 Å². The van der Waals surface area contributed by atoms with Gasteiger partial charge in [-0.3, -0.25) is 14.6 Å². The van der Waals surface area contributed by atoms with Crippen molar-refractivity contribution in [2.75, 3.05) is 13.2 Å². The van der Waals surface area contributed by atoms with Crippen molar-refractivity contribution >= 4 is 11.9 Å². The van der Waals surface area contributed by atoms with E-state index in [0.29, 0.717) is 12.1 Å². The van der Waals surface area contributed by atoms with Crippen molar-refractivity contribution < 1.29 is 19.8 Å². The number of aromatic nitrogens is 1. The highest BCUT2D eigenvalue weighted by Crippen LogP contribution is 2.30. The molecule has 0 aromatic carbocycles. The summed E-state index contributed by atoms with van der Waals surface area (Å²) in [5.41, 5.74) is 0.705. The van der Waals surface area contributed by atoms with E-state index in [1.807, 2.05) is 0 Å². The zero-order chi connectivity index (χ0) is 13.8. The van der Waals surface area contributed by atoms with Crippen molar-refractivity contribution in [2.24, 2.45) is 5.92 Å². The molecule has 1 aromatic rings. The summed E-state index contributed by atoms with van der Waals surface area (Å²) < 4.78 is 0. The molecule has 2 unspecified atom stereocenters. The maximum Gasteiger partial charge on any atom is 0.305 e. The Balaban J connectivity index is 2.23. The SMILES string of the molecule is O=C(O)CC(c1cccnc1)N1CC(CO)CC1=O. The van der Waals surface area contributed by atoms with Crippen molar-refractivity contribution in [1.29, 1.82) is 0 Å². The van der Waals surface area contributed by atoms with Crippen LogP contribution in [0.1, 0.15) is 24.4 Å². The van der Waals surface area contributed by atoms with Crippen LogP contribution in [0.5, 0.6) is 0 Å². The molecule has 0 saturated carbocycles. The minimum Gasteiger partial charge on any atom is -0.481 e. The van der Waals surface area contributed by atoms with E-state index in [9.17, 15) is 9.59 Å². The summed E-state index contributed by atoms with van der Waals surface area (Å²) in [6.45, 7) is 0.331. The number of carboxylic acids is 1. The van der Waals surface area contributed by atoms with Crippen LogP contribution in [0.15, 0.2) is 24.5 Å². The maximum absolute atomic E-state index is 11.9. The van der Waals surface area contributed by atoms with Crippen LogP contribution >= 0.6 is 0 Å². The van der Waals surface area contributed by atoms with E-state index in [2.05, 4.69) is 4.98 Å². The summed E-state index contributed by atoms with van der Waals surface area (Å²) in [4.78, 5) is 28.4. The Morgan fingerprint density at radius 3 is 2.89 bits per heavy atom. The summed E-state index contributed by atoms with van der Waals surface area (Å²) in [6, 6.07) is 2.96. The number of hydrogen-bond acceptors (Lipinski definition) is 4. The monoisotopic (exact) mass is 264 g/mol. The third-order valence-electron chi connectivity index (χ3n) is 3.31. The summed E-state index contributed by atoms with van der Waals surface area (Å²) in [7, 11) is 0. The first kappa shape index (κ1) is 13.5. The fraction of sp³-hybridized carbons (Fsp3) is 0.462. The Kier molecular flexibility index (Phi) is 4.11. The second kappa shape index (κ2) is 5.79. The lowest BCUT2D eigenvalue weighted by molar-refractivity contribution is -0.139. The summed E-state index contributed by atoms with van der Waals surface area (Å²) in [5.74, 6) is -1.19. The molecule has 2 heterocycles. The molecule has 1 aliphatic heterocycles. The van der Waals surface area contributed by atoms with Crippen molar-refractivity contribution in [3.05, 3.63) is 30.1 Å². The van der Waals surface area contributed by atoms with Crippen molar-refractivity contribution in [3.63, 3.8) is 0 Å².